The van der Waals surface area contributed by atoms with Gasteiger partial charge in [0.05, 0.1) is 12.7 Å². The monoisotopic (exact) mass is 353 g/mol. The van der Waals surface area contributed by atoms with Crippen LogP contribution in [0, 0.1) is 18.6 Å². The first-order chi connectivity index (χ1) is 12.5. The molecule has 0 saturated heterocycles. The van der Waals surface area contributed by atoms with Crippen molar-refractivity contribution in [3.05, 3.63) is 89.1 Å². The molecule has 3 aromatic rings. The predicted molar refractivity (Wildman–Crippen MR) is 96.5 cm³/mol. The van der Waals surface area contributed by atoms with Gasteiger partial charge in [0.25, 0.3) is 0 Å². The van der Waals surface area contributed by atoms with Gasteiger partial charge in [-0.05, 0) is 30.7 Å². The molecule has 1 amide bonds. The second-order valence-corrected chi connectivity index (χ2v) is 5.82. The molecule has 26 heavy (non-hydrogen) atoms. The minimum atomic E-state index is -0.724. The smallest absolute Gasteiger partial charge is 0.249 e. The molecule has 0 bridgehead atoms. The van der Waals surface area contributed by atoms with Crippen LogP contribution in [0.4, 0.5) is 14.6 Å². The Morgan fingerprint density at radius 2 is 1.88 bits per heavy atom. The molecule has 0 aliphatic heterocycles. The van der Waals surface area contributed by atoms with Crippen LogP contribution in [0.5, 0.6) is 0 Å². The molecule has 1 heterocycles. The van der Waals surface area contributed by atoms with Crippen LogP contribution < -0.4 is 5.32 Å². The molecule has 0 spiro atoms. The molecule has 0 aliphatic rings. The lowest BCUT2D eigenvalue weighted by atomic mass is 10.1. The fourth-order valence-electron chi connectivity index (χ4n) is 2.55. The first kappa shape index (κ1) is 17.5. The summed E-state index contributed by atoms with van der Waals surface area (Å²) in [5, 5.41) is 6.86. The third-order valence-electron chi connectivity index (χ3n) is 3.78. The molecular weight excluding hydrogens is 336 g/mol. The van der Waals surface area contributed by atoms with Gasteiger partial charge in [-0.2, -0.15) is 5.10 Å². The van der Waals surface area contributed by atoms with Gasteiger partial charge >= 0.3 is 0 Å². The van der Waals surface area contributed by atoms with E-state index in [-0.39, 0.29) is 5.56 Å². The van der Waals surface area contributed by atoms with Crippen LogP contribution in [0.25, 0.3) is 6.08 Å². The maximum absolute atomic E-state index is 13.6. The summed E-state index contributed by atoms with van der Waals surface area (Å²) in [7, 11) is 0. The topological polar surface area (TPSA) is 46.9 Å². The summed E-state index contributed by atoms with van der Waals surface area (Å²) in [6, 6.07) is 13.2. The Balaban J connectivity index is 1.71. The van der Waals surface area contributed by atoms with Crippen molar-refractivity contribution in [1.82, 2.24) is 9.78 Å². The molecule has 0 saturated carbocycles. The normalized spacial score (nSPS) is 11.0. The highest BCUT2D eigenvalue weighted by Crippen LogP contribution is 2.15. The quantitative estimate of drug-likeness (QED) is 0.700. The third-order valence-corrected chi connectivity index (χ3v) is 3.78. The zero-order valence-electron chi connectivity index (χ0n) is 14.1. The van der Waals surface area contributed by atoms with Gasteiger partial charge in [-0.3, -0.25) is 4.79 Å². The van der Waals surface area contributed by atoms with Gasteiger partial charge in [0.1, 0.15) is 17.5 Å². The molecule has 6 heteroatoms. The van der Waals surface area contributed by atoms with Crippen LogP contribution in [0.1, 0.15) is 16.7 Å². The van der Waals surface area contributed by atoms with E-state index in [0.29, 0.717) is 12.4 Å². The zero-order valence-corrected chi connectivity index (χ0v) is 14.1. The summed E-state index contributed by atoms with van der Waals surface area (Å²) in [5.41, 5.74) is 1.93. The first-order valence-corrected chi connectivity index (χ1v) is 8.03. The molecule has 0 atom stereocenters. The average molecular weight is 353 g/mol. The Morgan fingerprint density at radius 1 is 1.15 bits per heavy atom. The van der Waals surface area contributed by atoms with E-state index in [9.17, 15) is 13.6 Å². The van der Waals surface area contributed by atoms with Gasteiger partial charge in [-0.25, -0.2) is 13.5 Å². The number of nitrogens with zero attached hydrogens (tertiary/aromatic N) is 2. The van der Waals surface area contributed by atoms with Gasteiger partial charge in [-0.15, -0.1) is 0 Å². The SMILES string of the molecule is Cc1cccc(Cn2nccc2NC(=O)/C=C\c2c(F)cccc2F)c1. The maximum Gasteiger partial charge on any atom is 0.249 e. The van der Waals surface area contributed by atoms with Crippen molar-refractivity contribution in [2.75, 3.05) is 5.32 Å². The van der Waals surface area contributed by atoms with E-state index in [4.69, 9.17) is 0 Å². The second kappa shape index (κ2) is 7.74. The molecule has 0 unspecified atom stereocenters. The molecule has 3 rings (SSSR count). The Hall–Kier alpha value is -3.28. The molecule has 4 nitrogen and oxygen atoms in total. The van der Waals surface area contributed by atoms with Crippen LogP contribution in [-0.4, -0.2) is 15.7 Å². The highest BCUT2D eigenvalue weighted by atomic mass is 19.1. The van der Waals surface area contributed by atoms with Gasteiger partial charge in [0.2, 0.25) is 5.91 Å². The van der Waals surface area contributed by atoms with E-state index in [1.165, 1.54) is 6.07 Å². The fraction of sp³-hybridized carbons (Fsp3) is 0.100. The highest BCUT2D eigenvalue weighted by molar-refractivity contribution is 6.01. The molecule has 2 aromatic carbocycles. The lowest BCUT2D eigenvalue weighted by molar-refractivity contribution is -0.111. The number of anilines is 1. The van der Waals surface area contributed by atoms with Gasteiger partial charge in [0, 0.05) is 17.7 Å². The van der Waals surface area contributed by atoms with Crippen molar-refractivity contribution >= 4 is 17.8 Å². The van der Waals surface area contributed by atoms with E-state index in [1.807, 2.05) is 31.2 Å². The maximum atomic E-state index is 13.6. The van der Waals surface area contributed by atoms with E-state index < -0.39 is 17.5 Å². The summed E-state index contributed by atoms with van der Waals surface area (Å²) < 4.78 is 28.8. The number of hydrogen-bond donors (Lipinski definition) is 1. The van der Waals surface area contributed by atoms with Gasteiger partial charge in [-0.1, -0.05) is 35.9 Å². The Bertz CT molecular complexity index is 943. The fourth-order valence-corrected chi connectivity index (χ4v) is 2.55. The van der Waals surface area contributed by atoms with E-state index >= 15 is 0 Å². The largest absolute Gasteiger partial charge is 0.307 e. The van der Waals surface area contributed by atoms with E-state index in [0.717, 1.165) is 35.4 Å². The van der Waals surface area contributed by atoms with Crippen LogP contribution in [0.3, 0.4) is 0 Å². The highest BCUT2D eigenvalue weighted by Gasteiger charge is 2.08. The van der Waals surface area contributed by atoms with E-state index in [1.54, 1.807) is 16.9 Å². The molecule has 132 valence electrons. The third kappa shape index (κ3) is 4.22. The number of aryl methyl sites for hydroxylation is 1. The average Bonchev–Trinajstić information content (AvgIpc) is 3.01. The summed E-state index contributed by atoms with van der Waals surface area (Å²) in [6.07, 6.45) is 3.78. The standard InChI is InChI=1S/C20H17F2N3O/c1-14-4-2-5-15(12-14)13-25-19(10-11-23-25)24-20(26)9-8-16-17(21)6-3-7-18(16)22/h2-12H,13H2,1H3,(H,24,26)/b9-8-. The summed E-state index contributed by atoms with van der Waals surface area (Å²) in [6.45, 7) is 2.50. The van der Waals surface area contributed by atoms with E-state index in [2.05, 4.69) is 10.4 Å². The Labute approximate surface area is 149 Å². The molecule has 0 aliphatic carbocycles. The predicted octanol–water partition coefficient (Wildman–Crippen LogP) is 4.17. The van der Waals surface area contributed by atoms with Crippen LogP contribution in [-0.2, 0) is 11.3 Å². The summed E-state index contributed by atoms with van der Waals surface area (Å²) in [4.78, 5) is 12.1. The second-order valence-electron chi connectivity index (χ2n) is 5.82. The number of hydrogen-bond acceptors (Lipinski definition) is 2. The number of benzene rings is 2. The van der Waals surface area contributed by atoms with Crippen molar-refractivity contribution in [3.63, 3.8) is 0 Å². The van der Waals surface area contributed by atoms with Crippen molar-refractivity contribution in [3.8, 4) is 0 Å². The molecule has 1 N–H and O–H groups in total. The van der Waals surface area contributed by atoms with Gasteiger partial charge < -0.3 is 5.32 Å². The number of halogens is 2. The van der Waals surface area contributed by atoms with Crippen LogP contribution in [0.15, 0.2) is 60.8 Å². The summed E-state index contributed by atoms with van der Waals surface area (Å²) in [5.74, 6) is -1.45. The molecular formula is C20H17F2N3O. The van der Waals surface area contributed by atoms with Crippen LogP contribution in [0.2, 0.25) is 0 Å². The van der Waals surface area contributed by atoms with Crippen molar-refractivity contribution in [1.29, 1.82) is 0 Å². The number of carbonyl (C=O) groups excluding carboxylic acids is 1. The summed E-state index contributed by atoms with van der Waals surface area (Å²) >= 11 is 0. The van der Waals surface area contributed by atoms with Crippen molar-refractivity contribution in [2.45, 2.75) is 13.5 Å². The molecule has 0 fully saturated rings. The lowest BCUT2D eigenvalue weighted by Gasteiger charge is -2.08. The number of aromatic nitrogens is 2. The molecule has 1 aromatic heterocycles. The number of rotatable bonds is 5. The zero-order chi connectivity index (χ0) is 18.5. The van der Waals surface area contributed by atoms with Gasteiger partial charge in [0.15, 0.2) is 0 Å². The number of amides is 1. The lowest BCUT2D eigenvalue weighted by Crippen LogP contribution is -2.14. The first-order valence-electron chi connectivity index (χ1n) is 8.03. The van der Waals surface area contributed by atoms with Crippen molar-refractivity contribution in [2.24, 2.45) is 0 Å². The number of carbonyl (C=O) groups is 1. The minimum Gasteiger partial charge on any atom is -0.307 e. The van der Waals surface area contributed by atoms with Crippen LogP contribution >= 0.6 is 0 Å². The number of nitrogens with one attached hydrogen (secondary N) is 1. The molecule has 0 radical (unpaired) electrons. The van der Waals surface area contributed by atoms with Crippen molar-refractivity contribution < 1.29 is 13.6 Å². The minimum absolute atomic E-state index is 0.254. The Morgan fingerprint density at radius 3 is 2.62 bits per heavy atom. The Kier molecular flexibility index (Phi) is 5.22.